The van der Waals surface area contributed by atoms with Crippen LogP contribution in [0.2, 0.25) is 0 Å². The molecule has 0 aliphatic carbocycles. The number of nitrogens with zero attached hydrogens (tertiary/aromatic N) is 3. The largest absolute Gasteiger partial charge is 0.243 e. The van der Waals surface area contributed by atoms with E-state index in [9.17, 15) is 8.42 Å². The minimum atomic E-state index is -3.60. The summed E-state index contributed by atoms with van der Waals surface area (Å²) in [7, 11) is -2.26. The molecule has 0 aliphatic heterocycles. The topological polar surface area (TPSA) is 85.0 Å². The van der Waals surface area contributed by atoms with Crippen molar-refractivity contribution < 1.29 is 8.42 Å². The number of benzene rings is 1. The fourth-order valence-electron chi connectivity index (χ4n) is 1.24. The predicted molar refractivity (Wildman–Crippen MR) is 61.2 cm³/mol. The van der Waals surface area contributed by atoms with Crippen LogP contribution >= 0.6 is 0 Å². The van der Waals surface area contributed by atoms with Crippen molar-refractivity contribution in [1.82, 2.24) is 4.31 Å². The Balaban J connectivity index is 3.02. The van der Waals surface area contributed by atoms with Crippen LogP contribution in [0.3, 0.4) is 0 Å². The van der Waals surface area contributed by atoms with Crippen molar-refractivity contribution in [3.8, 4) is 12.1 Å². The van der Waals surface area contributed by atoms with Gasteiger partial charge in [0.05, 0.1) is 23.5 Å². The lowest BCUT2D eigenvalue weighted by Crippen LogP contribution is -2.27. The van der Waals surface area contributed by atoms with Crippen LogP contribution in [0.1, 0.15) is 5.56 Å². The summed E-state index contributed by atoms with van der Waals surface area (Å²) in [5, 5.41) is 17.0. The zero-order valence-corrected chi connectivity index (χ0v) is 10.1. The van der Waals surface area contributed by atoms with Crippen LogP contribution in [0.4, 0.5) is 0 Å². The zero-order chi connectivity index (χ0) is 12.9. The maximum absolute atomic E-state index is 11.9. The molecule has 1 aromatic rings. The maximum Gasteiger partial charge on any atom is 0.243 e. The van der Waals surface area contributed by atoms with Crippen molar-refractivity contribution in [1.29, 1.82) is 10.5 Å². The van der Waals surface area contributed by atoms with Gasteiger partial charge in [-0.2, -0.15) is 14.8 Å². The van der Waals surface area contributed by atoms with Crippen molar-refractivity contribution in [3.63, 3.8) is 0 Å². The fraction of sp³-hybridized carbons (Fsp3) is 0.273. The van der Waals surface area contributed by atoms with E-state index in [4.69, 9.17) is 10.5 Å². The van der Waals surface area contributed by atoms with E-state index in [1.807, 2.05) is 6.07 Å². The first-order chi connectivity index (χ1) is 8.02. The fourth-order valence-corrected chi connectivity index (χ4v) is 2.30. The number of nitriles is 2. The van der Waals surface area contributed by atoms with Crippen molar-refractivity contribution in [2.45, 2.75) is 11.3 Å². The number of hydrogen-bond donors (Lipinski definition) is 0. The van der Waals surface area contributed by atoms with Crippen LogP contribution in [-0.2, 0) is 16.4 Å². The van der Waals surface area contributed by atoms with Crippen molar-refractivity contribution in [3.05, 3.63) is 29.8 Å². The summed E-state index contributed by atoms with van der Waals surface area (Å²) in [5.41, 5.74) is 0.759. The molecule has 17 heavy (non-hydrogen) atoms. The Kier molecular flexibility index (Phi) is 4.22. The van der Waals surface area contributed by atoms with E-state index in [1.54, 1.807) is 18.2 Å². The van der Waals surface area contributed by atoms with Gasteiger partial charge < -0.3 is 0 Å². The Morgan fingerprint density at radius 3 is 2.24 bits per heavy atom. The summed E-state index contributed by atoms with van der Waals surface area (Å²) in [6.07, 6.45) is 0.244. The summed E-state index contributed by atoms with van der Waals surface area (Å²) >= 11 is 0. The molecule has 0 radical (unpaired) electrons. The summed E-state index contributed by atoms with van der Waals surface area (Å²) in [6, 6.07) is 9.83. The molecule has 0 atom stereocenters. The predicted octanol–water partition coefficient (Wildman–Crippen LogP) is 0.897. The zero-order valence-electron chi connectivity index (χ0n) is 9.29. The second kappa shape index (κ2) is 5.44. The molecule has 1 rings (SSSR count). The summed E-state index contributed by atoms with van der Waals surface area (Å²) in [4.78, 5) is 0.122. The third-order valence-electron chi connectivity index (χ3n) is 2.21. The molecule has 0 saturated heterocycles. The minimum absolute atomic E-state index is 0.122. The van der Waals surface area contributed by atoms with Crippen molar-refractivity contribution in [2.75, 3.05) is 13.6 Å². The summed E-state index contributed by atoms with van der Waals surface area (Å²) < 4.78 is 24.8. The molecule has 0 aromatic heterocycles. The van der Waals surface area contributed by atoms with Gasteiger partial charge >= 0.3 is 0 Å². The molecule has 88 valence electrons. The smallest absolute Gasteiger partial charge is 0.207 e. The first kappa shape index (κ1) is 13.2. The highest BCUT2D eigenvalue weighted by Gasteiger charge is 2.19. The third kappa shape index (κ3) is 3.04. The molecule has 0 bridgehead atoms. The Hall–Kier alpha value is -1.89. The van der Waals surface area contributed by atoms with Gasteiger partial charge in [0.15, 0.2) is 0 Å². The maximum atomic E-state index is 11.9. The molecule has 0 aliphatic rings. The molecule has 6 heteroatoms. The van der Waals surface area contributed by atoms with E-state index in [1.165, 1.54) is 19.2 Å². The van der Waals surface area contributed by atoms with E-state index in [0.29, 0.717) is 0 Å². The molecule has 0 unspecified atom stereocenters. The Morgan fingerprint density at radius 1 is 1.18 bits per heavy atom. The standard InChI is InChI=1S/C11H11N3O2S/c1-14(9-8-13)17(15,16)11-4-2-10(3-5-11)6-7-12/h2-5H,6,9H2,1H3. The monoisotopic (exact) mass is 249 g/mol. The molecule has 1 aromatic carbocycles. The molecule has 0 N–H and O–H groups in total. The number of hydrogen-bond acceptors (Lipinski definition) is 4. The van der Waals surface area contributed by atoms with Crippen LogP contribution in [-0.4, -0.2) is 26.3 Å². The highest BCUT2D eigenvalue weighted by Crippen LogP contribution is 2.14. The highest BCUT2D eigenvalue weighted by atomic mass is 32.2. The van der Waals surface area contributed by atoms with E-state index in [0.717, 1.165) is 9.87 Å². The summed E-state index contributed by atoms with van der Waals surface area (Å²) in [5.74, 6) is 0. The second-order valence-corrected chi connectivity index (χ2v) is 5.44. The van der Waals surface area contributed by atoms with Crippen LogP contribution in [0.5, 0.6) is 0 Å². The Bertz CT molecular complexity index is 564. The second-order valence-electron chi connectivity index (χ2n) is 3.40. The van der Waals surface area contributed by atoms with E-state index in [2.05, 4.69) is 0 Å². The van der Waals surface area contributed by atoms with Gasteiger partial charge in [0.25, 0.3) is 0 Å². The third-order valence-corrected chi connectivity index (χ3v) is 4.03. The number of rotatable bonds is 4. The molecule has 0 fully saturated rings. The van der Waals surface area contributed by atoms with Crippen molar-refractivity contribution in [2.24, 2.45) is 0 Å². The van der Waals surface area contributed by atoms with Gasteiger partial charge in [-0.05, 0) is 17.7 Å². The normalized spacial score (nSPS) is 10.8. The lowest BCUT2D eigenvalue weighted by molar-refractivity contribution is 0.501. The van der Waals surface area contributed by atoms with Crippen LogP contribution in [0.15, 0.2) is 29.2 Å². The average Bonchev–Trinajstić information content (AvgIpc) is 2.30. The average molecular weight is 249 g/mol. The lowest BCUT2D eigenvalue weighted by atomic mass is 10.2. The van der Waals surface area contributed by atoms with E-state index >= 15 is 0 Å². The van der Waals surface area contributed by atoms with Crippen LogP contribution in [0.25, 0.3) is 0 Å². The first-order valence-corrected chi connectivity index (χ1v) is 6.25. The van der Waals surface area contributed by atoms with Crippen LogP contribution in [0, 0.1) is 22.7 Å². The van der Waals surface area contributed by atoms with Crippen molar-refractivity contribution >= 4 is 10.0 Å². The molecular weight excluding hydrogens is 238 g/mol. The van der Waals surface area contributed by atoms with Gasteiger partial charge in [0.1, 0.15) is 6.54 Å². The molecule has 0 heterocycles. The van der Waals surface area contributed by atoms with Gasteiger partial charge in [0, 0.05) is 7.05 Å². The van der Waals surface area contributed by atoms with Gasteiger partial charge in [-0.15, -0.1) is 0 Å². The quantitative estimate of drug-likeness (QED) is 0.742. The van der Waals surface area contributed by atoms with Gasteiger partial charge in [-0.25, -0.2) is 8.42 Å². The molecule has 0 amide bonds. The number of sulfonamides is 1. The Labute approximate surface area is 101 Å². The highest BCUT2D eigenvalue weighted by molar-refractivity contribution is 7.89. The molecule has 0 saturated carbocycles. The van der Waals surface area contributed by atoms with E-state index in [-0.39, 0.29) is 17.9 Å². The van der Waals surface area contributed by atoms with Gasteiger partial charge in [-0.1, -0.05) is 12.1 Å². The van der Waals surface area contributed by atoms with E-state index < -0.39 is 10.0 Å². The Morgan fingerprint density at radius 2 is 1.76 bits per heavy atom. The van der Waals surface area contributed by atoms with Gasteiger partial charge in [-0.3, -0.25) is 0 Å². The van der Waals surface area contributed by atoms with Crippen LogP contribution < -0.4 is 0 Å². The first-order valence-electron chi connectivity index (χ1n) is 4.81. The molecule has 0 spiro atoms. The minimum Gasteiger partial charge on any atom is -0.207 e. The summed E-state index contributed by atoms with van der Waals surface area (Å²) in [6.45, 7) is -0.192. The SMILES string of the molecule is CN(CC#N)S(=O)(=O)c1ccc(CC#N)cc1. The van der Waals surface area contributed by atoms with Gasteiger partial charge in [0.2, 0.25) is 10.0 Å². The lowest BCUT2D eigenvalue weighted by Gasteiger charge is -2.13. The molecular formula is C11H11N3O2S. The molecule has 5 nitrogen and oxygen atoms in total.